The number of aromatic amines is 2. The Morgan fingerprint density at radius 2 is 1.95 bits per heavy atom. The van der Waals surface area contributed by atoms with Crippen LogP contribution in [0.25, 0.3) is 15.7 Å². The molecule has 0 aliphatic carbocycles. The van der Waals surface area contributed by atoms with Gasteiger partial charge in [0.25, 0.3) is 5.56 Å². The van der Waals surface area contributed by atoms with E-state index in [1.165, 1.54) is 11.8 Å². The van der Waals surface area contributed by atoms with Gasteiger partial charge in [-0.3, -0.25) is 9.69 Å². The first kappa shape index (κ1) is 23.9. The van der Waals surface area contributed by atoms with Crippen molar-refractivity contribution in [2.45, 2.75) is 44.2 Å². The molecule has 2 fully saturated rings. The molecular formula is C25H28N12O. The molecule has 0 radical (unpaired) electrons. The molecule has 1 aromatic carbocycles. The predicted octanol–water partition coefficient (Wildman–Crippen LogP) is 2.24. The van der Waals surface area contributed by atoms with Crippen LogP contribution in [-0.4, -0.2) is 77.9 Å². The van der Waals surface area contributed by atoms with Crippen molar-refractivity contribution < 1.29 is 0 Å². The maximum atomic E-state index is 12.6. The number of tetrazole rings is 1. The minimum absolute atomic E-state index is 0.0749. The minimum Gasteiger partial charge on any atom is -0.339 e. The standard InChI is InChI=1S/C25H28N12O/c1-26-19-3-2-10-37(15-19)25-29-20-13-27-33-24(38)21(20)23(30-25)28-18-6-4-16(5-7-18)14-36-11-8-17(9-12-36)22-31-34-35-32-22/h4-7,13,17,19H,2-3,8-12,14-15H2,(H,33,38)(H,28,29,30)(H,31,32,34,35). The molecule has 6 rings (SSSR count). The first-order chi connectivity index (χ1) is 18.7. The Morgan fingerprint density at radius 1 is 1.11 bits per heavy atom. The molecule has 4 aromatic rings. The highest BCUT2D eigenvalue weighted by Crippen LogP contribution is 2.28. The summed E-state index contributed by atoms with van der Waals surface area (Å²) in [5.41, 5.74) is 2.15. The van der Waals surface area contributed by atoms with Crippen molar-refractivity contribution in [1.29, 1.82) is 0 Å². The van der Waals surface area contributed by atoms with Gasteiger partial charge in [0, 0.05) is 31.1 Å². The average molecular weight is 513 g/mol. The summed E-state index contributed by atoms with van der Waals surface area (Å²) in [5.74, 6) is 2.10. The lowest BCUT2D eigenvalue weighted by Gasteiger charge is -2.30. The van der Waals surface area contributed by atoms with Gasteiger partial charge in [0.1, 0.15) is 16.7 Å². The number of H-pyrrole nitrogens is 2. The smallest absolute Gasteiger partial charge is 0.277 e. The topological polar surface area (TPSA) is 149 Å². The molecule has 38 heavy (non-hydrogen) atoms. The normalized spacial score (nSPS) is 18.9. The van der Waals surface area contributed by atoms with Crippen molar-refractivity contribution in [2.75, 3.05) is 36.4 Å². The number of aromatic nitrogens is 8. The molecule has 13 nitrogen and oxygen atoms in total. The number of rotatable bonds is 6. The molecule has 2 aliphatic rings. The number of hydrogen-bond donors (Lipinski definition) is 3. The van der Waals surface area contributed by atoms with Crippen LogP contribution in [0.4, 0.5) is 17.5 Å². The first-order valence-electron chi connectivity index (χ1n) is 12.8. The van der Waals surface area contributed by atoms with E-state index in [9.17, 15) is 4.79 Å². The largest absolute Gasteiger partial charge is 0.339 e. The van der Waals surface area contributed by atoms with Crippen molar-refractivity contribution >= 4 is 28.4 Å². The Labute approximate surface area is 218 Å². The summed E-state index contributed by atoms with van der Waals surface area (Å²) in [5, 5.41) is 24.6. The number of anilines is 3. The van der Waals surface area contributed by atoms with Crippen molar-refractivity contribution in [3.63, 3.8) is 0 Å². The monoisotopic (exact) mass is 512 g/mol. The summed E-state index contributed by atoms with van der Waals surface area (Å²) in [7, 11) is 0. The highest BCUT2D eigenvalue weighted by molar-refractivity contribution is 5.90. The van der Waals surface area contributed by atoms with Gasteiger partial charge in [-0.2, -0.15) is 15.3 Å². The van der Waals surface area contributed by atoms with Gasteiger partial charge < -0.3 is 15.1 Å². The second kappa shape index (κ2) is 10.5. The quantitative estimate of drug-likeness (QED) is 0.328. The molecule has 3 aromatic heterocycles. The van der Waals surface area contributed by atoms with E-state index < -0.39 is 0 Å². The number of benzene rings is 1. The Morgan fingerprint density at radius 3 is 2.71 bits per heavy atom. The van der Waals surface area contributed by atoms with E-state index in [1.807, 2.05) is 17.0 Å². The summed E-state index contributed by atoms with van der Waals surface area (Å²) in [6.07, 6.45) is 5.34. The van der Waals surface area contributed by atoms with E-state index in [0.29, 0.717) is 35.1 Å². The Bertz CT molecular complexity index is 1490. The molecule has 2 saturated heterocycles. The summed E-state index contributed by atoms with van der Waals surface area (Å²) in [4.78, 5) is 30.1. The van der Waals surface area contributed by atoms with E-state index in [2.05, 4.69) is 63.0 Å². The molecule has 0 saturated carbocycles. The van der Waals surface area contributed by atoms with Gasteiger partial charge in [-0.25, -0.2) is 16.7 Å². The van der Waals surface area contributed by atoms with Gasteiger partial charge in [0.2, 0.25) is 12.0 Å². The third-order valence-corrected chi connectivity index (χ3v) is 7.30. The van der Waals surface area contributed by atoms with Crippen molar-refractivity contribution in [1.82, 2.24) is 45.7 Å². The van der Waals surface area contributed by atoms with Crippen LogP contribution < -0.4 is 15.8 Å². The number of fused-ring (bicyclic) bond motifs is 1. The average Bonchev–Trinajstić information content (AvgIpc) is 3.50. The van der Waals surface area contributed by atoms with Crippen LogP contribution in [0.5, 0.6) is 0 Å². The van der Waals surface area contributed by atoms with Crippen LogP contribution in [0.3, 0.4) is 0 Å². The summed E-state index contributed by atoms with van der Waals surface area (Å²) < 4.78 is 0. The van der Waals surface area contributed by atoms with Crippen molar-refractivity contribution in [3.05, 3.63) is 63.6 Å². The van der Waals surface area contributed by atoms with Gasteiger partial charge in [0.15, 0.2) is 5.82 Å². The van der Waals surface area contributed by atoms with Crippen LogP contribution in [0.2, 0.25) is 0 Å². The molecule has 5 heterocycles. The fourth-order valence-corrected chi connectivity index (χ4v) is 5.24. The summed E-state index contributed by atoms with van der Waals surface area (Å²) in [6.45, 7) is 11.6. The van der Waals surface area contributed by atoms with Gasteiger partial charge in [0.05, 0.1) is 12.7 Å². The maximum Gasteiger partial charge on any atom is 0.277 e. The zero-order chi connectivity index (χ0) is 25.9. The number of nitrogens with zero attached hydrogens (tertiary/aromatic N) is 9. The summed E-state index contributed by atoms with van der Waals surface area (Å²) >= 11 is 0. The van der Waals surface area contributed by atoms with Crippen LogP contribution in [0, 0.1) is 6.57 Å². The lowest BCUT2D eigenvalue weighted by Crippen LogP contribution is -2.38. The molecular weight excluding hydrogens is 484 g/mol. The lowest BCUT2D eigenvalue weighted by molar-refractivity contribution is 0.201. The number of likely N-dealkylation sites (tertiary alicyclic amines) is 1. The van der Waals surface area contributed by atoms with Crippen molar-refractivity contribution in [3.8, 4) is 0 Å². The second-order valence-electron chi connectivity index (χ2n) is 9.85. The predicted molar refractivity (Wildman–Crippen MR) is 141 cm³/mol. The fraction of sp³-hybridized carbons (Fsp3) is 0.440. The molecule has 1 unspecified atom stereocenters. The van der Waals surface area contributed by atoms with Gasteiger partial charge in [-0.05, 0) is 50.0 Å². The molecule has 2 aliphatic heterocycles. The van der Waals surface area contributed by atoms with E-state index in [0.717, 1.165) is 63.4 Å². The number of hydrogen-bond acceptors (Lipinski definition) is 10. The highest BCUT2D eigenvalue weighted by Gasteiger charge is 2.27. The Balaban J connectivity index is 1.17. The van der Waals surface area contributed by atoms with Gasteiger partial charge in [-0.1, -0.05) is 17.3 Å². The molecule has 0 amide bonds. The molecule has 194 valence electrons. The molecule has 1 atom stereocenters. The first-order valence-corrected chi connectivity index (χ1v) is 12.8. The number of piperidine rings is 2. The maximum absolute atomic E-state index is 12.6. The molecule has 13 heteroatoms. The Hall–Kier alpha value is -4.44. The van der Waals surface area contributed by atoms with E-state index in [4.69, 9.17) is 11.6 Å². The van der Waals surface area contributed by atoms with Gasteiger partial charge >= 0.3 is 0 Å². The van der Waals surface area contributed by atoms with Crippen LogP contribution in [0.15, 0.2) is 35.3 Å². The Kier molecular flexibility index (Phi) is 6.62. The molecule has 0 spiro atoms. The van der Waals surface area contributed by atoms with Crippen LogP contribution in [-0.2, 0) is 6.54 Å². The molecule has 3 N–H and O–H groups in total. The van der Waals surface area contributed by atoms with Gasteiger partial charge in [-0.15, -0.1) is 10.2 Å². The zero-order valence-corrected chi connectivity index (χ0v) is 20.8. The van der Waals surface area contributed by atoms with Crippen molar-refractivity contribution in [2.24, 2.45) is 0 Å². The third-order valence-electron chi connectivity index (χ3n) is 7.30. The lowest BCUT2D eigenvalue weighted by atomic mass is 9.96. The fourth-order valence-electron chi connectivity index (χ4n) is 5.24. The van der Waals surface area contributed by atoms with Crippen LogP contribution >= 0.6 is 0 Å². The summed E-state index contributed by atoms with van der Waals surface area (Å²) in [6, 6.07) is 8.11. The SMILES string of the molecule is [C-]#[N+]C1CCCN(c2nc(Nc3ccc(CN4CCC(c5nn[nH]n5)CC4)cc3)c3c(=O)[nH]ncc3n2)C1. The highest BCUT2D eigenvalue weighted by atomic mass is 16.1. The zero-order valence-electron chi connectivity index (χ0n) is 20.8. The number of nitrogens with one attached hydrogen (secondary N) is 3. The van der Waals surface area contributed by atoms with E-state index >= 15 is 0 Å². The second-order valence-corrected chi connectivity index (χ2v) is 9.85. The minimum atomic E-state index is -0.352. The van der Waals surface area contributed by atoms with Crippen LogP contribution in [0.1, 0.15) is 43.0 Å². The third kappa shape index (κ3) is 5.03. The van der Waals surface area contributed by atoms with E-state index in [1.54, 1.807) is 0 Å². The van der Waals surface area contributed by atoms with E-state index in [-0.39, 0.29) is 11.6 Å². The molecule has 0 bridgehead atoms.